The number of amides is 2. The smallest absolute Gasteiger partial charge is 0.227 e. The Morgan fingerprint density at radius 1 is 1.07 bits per heavy atom. The van der Waals surface area contributed by atoms with Gasteiger partial charge in [0.1, 0.15) is 0 Å². The number of hydrogen-bond donors (Lipinski definition) is 2. The molecular weight excluding hydrogens is 364 g/mol. The van der Waals surface area contributed by atoms with E-state index in [2.05, 4.69) is 10.6 Å². The van der Waals surface area contributed by atoms with Crippen LogP contribution in [0.4, 0.5) is 5.69 Å². The highest BCUT2D eigenvalue weighted by molar-refractivity contribution is 6.34. The lowest BCUT2D eigenvalue weighted by Gasteiger charge is -2.27. The van der Waals surface area contributed by atoms with Gasteiger partial charge in [-0.25, -0.2) is 0 Å². The first-order valence-corrected chi connectivity index (χ1v) is 10.3. The fourth-order valence-electron chi connectivity index (χ4n) is 4.08. The zero-order valence-electron chi connectivity index (χ0n) is 16.1. The number of carbonyl (C=O) groups excluding carboxylic acids is 2. The number of halogens is 1. The minimum atomic E-state index is -0.0658. The summed E-state index contributed by atoms with van der Waals surface area (Å²) in [6, 6.07) is 3.87. The van der Waals surface area contributed by atoms with E-state index in [4.69, 9.17) is 16.3 Å². The van der Waals surface area contributed by atoms with Crippen LogP contribution in [0.3, 0.4) is 0 Å². The monoisotopic (exact) mass is 392 g/mol. The molecule has 0 radical (unpaired) electrons. The fourth-order valence-corrected chi connectivity index (χ4v) is 4.45. The van der Waals surface area contributed by atoms with E-state index in [1.807, 2.05) is 26.0 Å². The number of anilines is 1. The van der Waals surface area contributed by atoms with Crippen LogP contribution in [0.15, 0.2) is 12.1 Å². The van der Waals surface area contributed by atoms with Crippen LogP contribution in [-0.2, 0) is 14.3 Å². The molecule has 1 saturated carbocycles. The lowest BCUT2D eigenvalue weighted by molar-refractivity contribution is -0.128. The van der Waals surface area contributed by atoms with Gasteiger partial charge in [0, 0.05) is 25.0 Å². The summed E-state index contributed by atoms with van der Waals surface area (Å²) >= 11 is 6.29. The molecule has 6 heteroatoms. The van der Waals surface area contributed by atoms with Gasteiger partial charge in [0.15, 0.2) is 0 Å². The fraction of sp³-hybridized carbons (Fsp3) is 0.619. The van der Waals surface area contributed by atoms with Crippen molar-refractivity contribution in [3.63, 3.8) is 0 Å². The summed E-state index contributed by atoms with van der Waals surface area (Å²) in [4.78, 5) is 25.0. The third kappa shape index (κ3) is 5.23. The Morgan fingerprint density at radius 3 is 2.33 bits per heavy atom. The van der Waals surface area contributed by atoms with Gasteiger partial charge in [-0.1, -0.05) is 17.7 Å². The largest absolute Gasteiger partial charge is 0.376 e. The lowest BCUT2D eigenvalue weighted by Crippen LogP contribution is -2.38. The van der Waals surface area contributed by atoms with Gasteiger partial charge in [0.05, 0.1) is 16.8 Å². The highest BCUT2D eigenvalue weighted by atomic mass is 35.5. The lowest BCUT2D eigenvalue weighted by atomic mass is 9.81. The Morgan fingerprint density at radius 2 is 1.74 bits per heavy atom. The summed E-state index contributed by atoms with van der Waals surface area (Å²) in [7, 11) is 0. The van der Waals surface area contributed by atoms with Crippen LogP contribution in [0.5, 0.6) is 0 Å². The van der Waals surface area contributed by atoms with Gasteiger partial charge >= 0.3 is 0 Å². The average molecular weight is 393 g/mol. The Hall–Kier alpha value is -1.59. The summed E-state index contributed by atoms with van der Waals surface area (Å²) in [5, 5.41) is 6.58. The van der Waals surface area contributed by atoms with Crippen molar-refractivity contribution in [3.8, 4) is 0 Å². The van der Waals surface area contributed by atoms with Gasteiger partial charge in [0.2, 0.25) is 11.8 Å². The molecule has 0 aromatic heterocycles. The summed E-state index contributed by atoms with van der Waals surface area (Å²) in [5.74, 6) is 0.0352. The van der Waals surface area contributed by atoms with Crippen LogP contribution in [0, 0.1) is 25.7 Å². The van der Waals surface area contributed by atoms with Gasteiger partial charge in [-0.15, -0.1) is 0 Å². The second kappa shape index (κ2) is 9.07. The number of hydrogen-bond acceptors (Lipinski definition) is 3. The molecule has 1 saturated heterocycles. The van der Waals surface area contributed by atoms with E-state index in [1.54, 1.807) is 0 Å². The van der Waals surface area contributed by atoms with Crippen LogP contribution in [0.25, 0.3) is 0 Å². The highest BCUT2D eigenvalue weighted by Crippen LogP contribution is 2.32. The Kier molecular flexibility index (Phi) is 6.77. The molecule has 0 bridgehead atoms. The summed E-state index contributed by atoms with van der Waals surface area (Å²) < 4.78 is 5.54. The molecule has 2 amide bonds. The van der Waals surface area contributed by atoms with Crippen molar-refractivity contribution < 1.29 is 14.3 Å². The highest BCUT2D eigenvalue weighted by Gasteiger charge is 2.30. The van der Waals surface area contributed by atoms with E-state index in [1.165, 1.54) is 0 Å². The standard InChI is InChI=1S/C21H29ClN2O3/c1-13-10-14(2)19(18(22)11-13)24-21(26)16-7-5-15(6-8-16)20(25)23-12-17-4-3-9-27-17/h10-11,15-17H,3-9,12H2,1-2H3,(H,23,25)(H,24,26). The number of rotatable bonds is 5. The van der Waals surface area contributed by atoms with Crippen molar-refractivity contribution >= 4 is 29.1 Å². The van der Waals surface area contributed by atoms with Crippen molar-refractivity contribution in [1.82, 2.24) is 5.32 Å². The second-order valence-corrected chi connectivity index (χ2v) is 8.26. The molecule has 2 N–H and O–H groups in total. The number of carbonyl (C=O) groups is 2. The normalized spacial score (nSPS) is 25.2. The number of ether oxygens (including phenoxy) is 1. The molecule has 1 unspecified atom stereocenters. The minimum absolute atomic E-state index is 0.000141. The molecule has 1 atom stereocenters. The van der Waals surface area contributed by atoms with E-state index in [9.17, 15) is 9.59 Å². The molecule has 2 fully saturated rings. The number of aryl methyl sites for hydroxylation is 2. The van der Waals surface area contributed by atoms with Gasteiger partial charge in [-0.2, -0.15) is 0 Å². The molecule has 1 aliphatic heterocycles. The van der Waals surface area contributed by atoms with Crippen molar-refractivity contribution in [2.24, 2.45) is 11.8 Å². The average Bonchev–Trinajstić information content (AvgIpc) is 3.16. The SMILES string of the molecule is Cc1cc(C)c(NC(=O)C2CCC(C(=O)NCC3CCCO3)CC2)c(Cl)c1. The molecule has 1 aromatic carbocycles. The van der Waals surface area contributed by atoms with Crippen molar-refractivity contribution in [1.29, 1.82) is 0 Å². The first-order valence-electron chi connectivity index (χ1n) is 9.91. The Balaban J connectivity index is 1.47. The third-order valence-corrected chi connectivity index (χ3v) is 5.97. The molecular formula is C21H29ClN2O3. The second-order valence-electron chi connectivity index (χ2n) is 7.86. The molecule has 0 spiro atoms. The van der Waals surface area contributed by atoms with Crippen LogP contribution in [0.1, 0.15) is 49.7 Å². The molecule has 1 aliphatic carbocycles. The third-order valence-electron chi connectivity index (χ3n) is 5.68. The maximum Gasteiger partial charge on any atom is 0.227 e. The van der Waals surface area contributed by atoms with Gasteiger partial charge in [-0.05, 0) is 69.6 Å². The molecule has 148 valence electrons. The van der Waals surface area contributed by atoms with Crippen molar-refractivity contribution in [2.45, 2.75) is 58.5 Å². The van der Waals surface area contributed by atoms with Gasteiger partial charge in [-0.3, -0.25) is 9.59 Å². The number of benzene rings is 1. The molecule has 27 heavy (non-hydrogen) atoms. The van der Waals surface area contributed by atoms with E-state index < -0.39 is 0 Å². The molecule has 3 rings (SSSR count). The topological polar surface area (TPSA) is 67.4 Å². The summed E-state index contributed by atoms with van der Waals surface area (Å²) in [6.07, 6.45) is 5.21. The number of nitrogens with one attached hydrogen (secondary N) is 2. The first-order chi connectivity index (χ1) is 12.9. The van der Waals surface area contributed by atoms with Gasteiger partial charge in [0.25, 0.3) is 0 Å². The van der Waals surface area contributed by atoms with Crippen molar-refractivity contribution in [2.75, 3.05) is 18.5 Å². The Labute approximate surface area is 166 Å². The predicted molar refractivity (Wildman–Crippen MR) is 107 cm³/mol. The minimum Gasteiger partial charge on any atom is -0.376 e. The quantitative estimate of drug-likeness (QED) is 0.795. The first kappa shape index (κ1) is 20.2. The van der Waals surface area contributed by atoms with Crippen LogP contribution in [-0.4, -0.2) is 31.1 Å². The van der Waals surface area contributed by atoms with E-state index in [-0.39, 0.29) is 29.8 Å². The van der Waals surface area contributed by atoms with Gasteiger partial charge < -0.3 is 15.4 Å². The molecule has 1 aromatic rings. The zero-order valence-corrected chi connectivity index (χ0v) is 16.9. The van der Waals surface area contributed by atoms with E-state index in [0.29, 0.717) is 17.3 Å². The molecule has 1 heterocycles. The van der Waals surface area contributed by atoms with Crippen LogP contribution in [0.2, 0.25) is 5.02 Å². The predicted octanol–water partition coefficient (Wildman–Crippen LogP) is 4.00. The van der Waals surface area contributed by atoms with Crippen LogP contribution >= 0.6 is 11.6 Å². The maximum atomic E-state index is 12.6. The van der Waals surface area contributed by atoms with Crippen LogP contribution < -0.4 is 10.6 Å². The van der Waals surface area contributed by atoms with E-state index >= 15 is 0 Å². The summed E-state index contributed by atoms with van der Waals surface area (Å²) in [5.41, 5.74) is 2.74. The molecule has 5 nitrogen and oxygen atoms in total. The summed E-state index contributed by atoms with van der Waals surface area (Å²) in [6.45, 7) is 5.33. The Bertz CT molecular complexity index is 670. The van der Waals surface area contributed by atoms with Crippen molar-refractivity contribution in [3.05, 3.63) is 28.3 Å². The van der Waals surface area contributed by atoms with E-state index in [0.717, 1.165) is 56.3 Å². The maximum absolute atomic E-state index is 12.6. The molecule has 2 aliphatic rings. The zero-order chi connectivity index (χ0) is 19.4.